The Morgan fingerprint density at radius 3 is 2.67 bits per heavy atom. The molecule has 40 heavy (non-hydrogen) atoms. The highest BCUT2D eigenvalue weighted by atomic mass is 35.5. The summed E-state index contributed by atoms with van der Waals surface area (Å²) in [6.07, 6.45) is 6.58. The van der Waals surface area contributed by atoms with Crippen LogP contribution in [0.25, 0.3) is 0 Å². The summed E-state index contributed by atoms with van der Waals surface area (Å²) in [5.41, 5.74) is -1.50. The predicted octanol–water partition coefficient (Wildman–Crippen LogP) is 3.80. The van der Waals surface area contributed by atoms with Crippen molar-refractivity contribution in [1.82, 2.24) is 4.98 Å². The van der Waals surface area contributed by atoms with Gasteiger partial charge in [0.25, 0.3) is 5.91 Å². The molecule has 6 aliphatic heterocycles. The number of hydrogen-bond donors (Lipinski definition) is 1. The Labute approximate surface area is 229 Å². The average molecular weight is 550 g/mol. The van der Waals surface area contributed by atoms with Gasteiger partial charge in [0, 0.05) is 16.8 Å². The van der Waals surface area contributed by atoms with E-state index in [9.17, 15) is 23.6 Å². The lowest BCUT2D eigenvalue weighted by molar-refractivity contribution is -0.122. The van der Waals surface area contributed by atoms with Crippen LogP contribution in [-0.4, -0.2) is 39.9 Å². The first kappa shape index (κ1) is 21.9. The summed E-state index contributed by atoms with van der Waals surface area (Å²) in [5, 5.41) is 3.57. The molecule has 3 aromatic rings. The largest absolute Gasteiger partial charge is 0.339 e. The molecule has 7 heterocycles. The number of hydrogen-bond acceptors (Lipinski definition) is 7. The number of allylic oxidation sites excluding steroid dienone is 2. The van der Waals surface area contributed by atoms with Crippen molar-refractivity contribution < 1.29 is 23.6 Å². The Bertz CT molecular complexity index is 1980. The quantitative estimate of drug-likeness (QED) is 0.456. The van der Waals surface area contributed by atoms with Crippen LogP contribution in [0.3, 0.4) is 0 Å². The Balaban J connectivity index is 1.36. The van der Waals surface area contributed by atoms with Crippen molar-refractivity contribution in [2.75, 3.05) is 15.1 Å². The number of benzene rings is 2. The zero-order chi connectivity index (χ0) is 27.3. The van der Waals surface area contributed by atoms with Crippen LogP contribution in [0, 0.1) is 11.7 Å². The number of anilines is 3. The minimum Gasteiger partial charge on any atom is -0.339 e. The first-order chi connectivity index (χ1) is 19.3. The van der Waals surface area contributed by atoms with Crippen molar-refractivity contribution >= 4 is 58.0 Å². The number of amides is 2. The maximum atomic E-state index is 14.6. The third-order valence-corrected chi connectivity index (χ3v) is 8.99. The fourth-order valence-corrected chi connectivity index (χ4v) is 7.50. The molecule has 3 unspecified atom stereocenters. The van der Waals surface area contributed by atoms with E-state index in [1.165, 1.54) is 34.2 Å². The molecule has 0 saturated carbocycles. The minimum atomic E-state index is -1.81. The zero-order valence-corrected chi connectivity index (χ0v) is 20.9. The number of pyridine rings is 1. The van der Waals surface area contributed by atoms with Crippen LogP contribution in [0.15, 0.2) is 77.6 Å². The molecule has 1 N–H and O–H groups in total. The first-order valence-corrected chi connectivity index (χ1v) is 12.8. The van der Waals surface area contributed by atoms with Gasteiger partial charge in [-0.15, -0.1) is 0 Å². The second-order valence-corrected chi connectivity index (χ2v) is 10.8. The number of carbonyl (C=O) groups is 4. The van der Waals surface area contributed by atoms with E-state index in [1.54, 1.807) is 36.4 Å². The van der Waals surface area contributed by atoms with Gasteiger partial charge in [-0.25, -0.2) is 14.4 Å². The van der Waals surface area contributed by atoms with Crippen molar-refractivity contribution in [3.05, 3.63) is 106 Å². The summed E-state index contributed by atoms with van der Waals surface area (Å²) in [6.45, 7) is 0. The van der Waals surface area contributed by atoms with E-state index in [-0.39, 0.29) is 39.7 Å². The van der Waals surface area contributed by atoms with E-state index in [2.05, 4.69) is 15.3 Å². The van der Waals surface area contributed by atoms with E-state index in [0.29, 0.717) is 16.3 Å². The van der Waals surface area contributed by atoms with Gasteiger partial charge < -0.3 is 5.32 Å². The third-order valence-electron chi connectivity index (χ3n) is 8.76. The smallest absolute Gasteiger partial charge is 0.264 e. The highest BCUT2D eigenvalue weighted by Crippen LogP contribution is 2.64. The second-order valence-electron chi connectivity index (χ2n) is 10.4. The molecule has 2 amide bonds. The number of aliphatic imine (C=N–C) groups is 1. The monoisotopic (exact) mass is 549 g/mol. The summed E-state index contributed by atoms with van der Waals surface area (Å²) in [7, 11) is 0. The van der Waals surface area contributed by atoms with Gasteiger partial charge >= 0.3 is 0 Å². The highest BCUT2D eigenvalue weighted by Gasteiger charge is 2.76. The lowest BCUT2D eigenvalue weighted by atomic mass is 9.53. The van der Waals surface area contributed by atoms with Crippen LogP contribution in [0.1, 0.15) is 36.6 Å². The van der Waals surface area contributed by atoms with Crippen molar-refractivity contribution in [2.24, 2.45) is 10.9 Å². The van der Waals surface area contributed by atoms with Gasteiger partial charge in [0.1, 0.15) is 11.6 Å². The van der Waals surface area contributed by atoms with Gasteiger partial charge in [-0.2, -0.15) is 0 Å². The third kappa shape index (κ3) is 2.07. The van der Waals surface area contributed by atoms with Crippen molar-refractivity contribution in [1.29, 1.82) is 0 Å². The van der Waals surface area contributed by atoms with E-state index in [4.69, 9.17) is 11.6 Å². The fourth-order valence-electron chi connectivity index (χ4n) is 7.33. The number of rotatable bonds is 0. The van der Waals surface area contributed by atoms with E-state index in [0.717, 1.165) is 6.07 Å². The van der Waals surface area contributed by atoms with Gasteiger partial charge in [0.2, 0.25) is 17.5 Å². The fraction of sp³-hybridized carbons (Fsp3) is 0.103. The van der Waals surface area contributed by atoms with Gasteiger partial charge in [-0.1, -0.05) is 23.8 Å². The number of aromatic nitrogens is 1. The Kier molecular flexibility index (Phi) is 3.62. The minimum absolute atomic E-state index is 0.0274. The molecule has 11 heteroatoms. The number of carbonyl (C=O) groups excluding carboxylic acids is 4. The topological polar surface area (TPSA) is 112 Å². The van der Waals surface area contributed by atoms with Crippen LogP contribution in [0.4, 0.5) is 21.6 Å². The molecule has 10 rings (SSSR count). The number of fused-ring (bicyclic) bond motifs is 5. The highest BCUT2D eigenvalue weighted by molar-refractivity contribution is 6.59. The van der Waals surface area contributed by atoms with Crippen LogP contribution in [-0.2, 0) is 10.2 Å². The van der Waals surface area contributed by atoms with Gasteiger partial charge in [0.05, 0.1) is 39.5 Å². The summed E-state index contributed by atoms with van der Waals surface area (Å²) in [5.74, 6) is -3.61. The lowest BCUT2D eigenvalue weighted by Crippen LogP contribution is -2.78. The summed E-state index contributed by atoms with van der Waals surface area (Å²) in [6, 6.07) is 10.00. The van der Waals surface area contributed by atoms with Crippen molar-refractivity contribution in [3.8, 4) is 0 Å². The molecule has 0 fully saturated rings. The number of nitrogens with one attached hydrogen (secondary N) is 1. The molecule has 1 aromatic heterocycles. The second kappa shape index (κ2) is 6.60. The van der Waals surface area contributed by atoms with Crippen LogP contribution >= 0.6 is 11.6 Å². The summed E-state index contributed by atoms with van der Waals surface area (Å²) < 4.78 is 14.1. The maximum Gasteiger partial charge on any atom is 0.264 e. The van der Waals surface area contributed by atoms with E-state index < -0.39 is 46.2 Å². The zero-order valence-electron chi connectivity index (χ0n) is 20.1. The molecule has 2 spiro atoms. The molecule has 7 aliphatic rings. The molecule has 192 valence electrons. The standard InChI is InChI=1S/C29H13ClFN5O4/c30-12-3-5-19-15(10-12)23(38)29-28(16-7-9-32-24(34-29)20(16)26(39)36(19)29)8-1-2-17-21(28)27(40)35-18-6-4-13(31)11-14(18)22(37)25(35)33-17/h1-11,21H,(H,32,34). The summed E-state index contributed by atoms with van der Waals surface area (Å²) >= 11 is 6.28. The molecule has 3 atom stereocenters. The van der Waals surface area contributed by atoms with E-state index >= 15 is 0 Å². The number of Topliss-reactive ketones (excluding diaryl/α,β-unsaturated/α-hetero) is 2. The number of amidine groups is 1. The maximum absolute atomic E-state index is 14.6. The Morgan fingerprint density at radius 2 is 1.82 bits per heavy atom. The van der Waals surface area contributed by atoms with Gasteiger partial charge in [0.15, 0.2) is 11.5 Å². The average Bonchev–Trinajstić information content (AvgIpc) is 3.36. The number of halogens is 2. The Morgan fingerprint density at radius 1 is 1.00 bits per heavy atom. The Hall–Kier alpha value is -4.96. The molecule has 1 aliphatic carbocycles. The molecule has 2 aromatic carbocycles. The lowest BCUT2D eigenvalue weighted by Gasteiger charge is -2.60. The number of nitrogens with zero attached hydrogens (tertiary/aromatic N) is 4. The molecule has 9 nitrogen and oxygen atoms in total. The molecule has 0 saturated heterocycles. The molecule has 0 radical (unpaired) electrons. The SMILES string of the molecule is O=C1C2=NC3=CC=CC4(c5ccnc6c5C(=O)N5c7ccc(Cl)cc7C(=O)C54N6)C3C(=O)N2c2ccc(F)cc21. The molecule has 4 bridgehead atoms. The number of ketones is 2. The van der Waals surface area contributed by atoms with Crippen LogP contribution in [0.2, 0.25) is 5.02 Å². The molecular weight excluding hydrogens is 537 g/mol. The van der Waals surface area contributed by atoms with Crippen LogP contribution in [0.5, 0.6) is 0 Å². The van der Waals surface area contributed by atoms with Gasteiger partial charge in [-0.3, -0.25) is 29.0 Å². The van der Waals surface area contributed by atoms with E-state index in [1.807, 2.05) is 0 Å². The van der Waals surface area contributed by atoms with Crippen molar-refractivity contribution in [2.45, 2.75) is 11.1 Å². The van der Waals surface area contributed by atoms with Crippen LogP contribution < -0.4 is 15.1 Å². The normalized spacial score (nSPS) is 27.7. The van der Waals surface area contributed by atoms with Crippen molar-refractivity contribution in [3.63, 3.8) is 0 Å². The first-order valence-electron chi connectivity index (χ1n) is 12.4. The molecular formula is C29H13ClFN5O4. The predicted molar refractivity (Wildman–Crippen MR) is 141 cm³/mol. The summed E-state index contributed by atoms with van der Waals surface area (Å²) in [4.78, 5) is 68.0. The van der Waals surface area contributed by atoms with Gasteiger partial charge in [-0.05, 0) is 54.1 Å².